The number of hydrogen-bond donors (Lipinski definition) is 3. The Morgan fingerprint density at radius 2 is 1.68 bits per heavy atom. The molecule has 2 amide bonds. The van der Waals surface area contributed by atoms with Crippen LogP contribution in [0.5, 0.6) is 0 Å². The molecule has 0 spiro atoms. The molecule has 1 aliphatic rings. The molecule has 2 rings (SSSR count). The summed E-state index contributed by atoms with van der Waals surface area (Å²) in [6, 6.07) is 6.59. The molecule has 0 aromatic heterocycles. The monoisotopic (exact) mass is 368 g/mol. The molecule has 1 aromatic rings. The van der Waals surface area contributed by atoms with Gasteiger partial charge in [-0.05, 0) is 37.1 Å². The van der Waals surface area contributed by atoms with E-state index in [0.717, 1.165) is 30.2 Å². The Kier molecular flexibility index (Phi) is 6.24. The molecule has 22 heavy (non-hydrogen) atoms. The second-order valence-corrected chi connectivity index (χ2v) is 6.56. The second kappa shape index (κ2) is 8.17. The van der Waals surface area contributed by atoms with Crippen molar-refractivity contribution in [2.75, 3.05) is 5.32 Å². The fraction of sp³-hybridized carbons (Fsp3) is 0.500. The van der Waals surface area contributed by atoms with E-state index in [0.29, 0.717) is 18.5 Å². The quantitative estimate of drug-likeness (QED) is 0.754. The van der Waals surface area contributed by atoms with Crippen molar-refractivity contribution >= 4 is 33.6 Å². The van der Waals surface area contributed by atoms with Gasteiger partial charge in [0.15, 0.2) is 0 Å². The van der Waals surface area contributed by atoms with E-state index < -0.39 is 11.9 Å². The molecule has 5 nitrogen and oxygen atoms in total. The number of nitrogens with one attached hydrogen (secondary N) is 2. The summed E-state index contributed by atoms with van der Waals surface area (Å²) in [4.78, 5) is 23.5. The van der Waals surface area contributed by atoms with Crippen LogP contribution in [0.3, 0.4) is 0 Å². The van der Waals surface area contributed by atoms with Gasteiger partial charge in [0.05, 0.1) is 5.92 Å². The first-order valence-electron chi connectivity index (χ1n) is 7.62. The lowest BCUT2D eigenvalue weighted by Gasteiger charge is -2.27. The normalized spacial score (nSPS) is 22.2. The van der Waals surface area contributed by atoms with E-state index in [2.05, 4.69) is 26.6 Å². The molecule has 2 atom stereocenters. The van der Waals surface area contributed by atoms with Gasteiger partial charge < -0.3 is 15.7 Å². The number of rotatable bonds is 3. The average Bonchev–Trinajstić information content (AvgIpc) is 2.44. The van der Waals surface area contributed by atoms with Crippen LogP contribution in [0.15, 0.2) is 28.7 Å². The Hall–Kier alpha value is -1.56. The predicted octanol–water partition coefficient (Wildman–Crippen LogP) is 3.99. The minimum Gasteiger partial charge on any atom is -0.481 e. The van der Waals surface area contributed by atoms with Gasteiger partial charge in [-0.1, -0.05) is 41.6 Å². The zero-order valence-corrected chi connectivity index (χ0v) is 13.9. The predicted molar refractivity (Wildman–Crippen MR) is 88.9 cm³/mol. The minimum absolute atomic E-state index is 0.312. The number of carboxylic acids is 1. The molecule has 120 valence electrons. The standard InChI is InChI=1S/C16H21BrN2O3/c17-11-7-9-12(10-8-11)18-16(22)19-14-6-4-2-1-3-5-13(14)15(20)21/h7-10,13-14H,1-6H2,(H,20,21)(H2,18,19,22). The van der Waals surface area contributed by atoms with E-state index >= 15 is 0 Å². The largest absolute Gasteiger partial charge is 0.481 e. The van der Waals surface area contributed by atoms with E-state index in [1.807, 2.05) is 12.1 Å². The number of anilines is 1. The van der Waals surface area contributed by atoms with Crippen LogP contribution in [0.25, 0.3) is 0 Å². The number of aliphatic carboxylic acids is 1. The highest BCUT2D eigenvalue weighted by Gasteiger charge is 2.29. The van der Waals surface area contributed by atoms with E-state index in [-0.39, 0.29) is 12.1 Å². The van der Waals surface area contributed by atoms with Gasteiger partial charge in [0.2, 0.25) is 0 Å². The van der Waals surface area contributed by atoms with E-state index in [1.165, 1.54) is 0 Å². The number of carbonyl (C=O) groups is 2. The molecule has 0 bridgehead atoms. The van der Waals surface area contributed by atoms with Gasteiger partial charge in [-0.25, -0.2) is 4.79 Å². The SMILES string of the molecule is O=C(Nc1ccc(Br)cc1)NC1CCCCCCC1C(=O)O. The fourth-order valence-electron chi connectivity index (χ4n) is 2.82. The summed E-state index contributed by atoms with van der Waals surface area (Å²) in [6.45, 7) is 0. The summed E-state index contributed by atoms with van der Waals surface area (Å²) in [5, 5.41) is 15.0. The minimum atomic E-state index is -0.823. The molecular formula is C16H21BrN2O3. The van der Waals surface area contributed by atoms with Crippen LogP contribution in [0.4, 0.5) is 10.5 Å². The molecule has 1 aliphatic carbocycles. The lowest BCUT2D eigenvalue weighted by molar-refractivity contribution is -0.143. The van der Waals surface area contributed by atoms with Gasteiger partial charge in [-0.15, -0.1) is 0 Å². The van der Waals surface area contributed by atoms with E-state index in [4.69, 9.17) is 0 Å². The summed E-state index contributed by atoms with van der Waals surface area (Å²) in [5.74, 6) is -1.33. The van der Waals surface area contributed by atoms with Crippen molar-refractivity contribution in [1.82, 2.24) is 5.32 Å². The van der Waals surface area contributed by atoms with Crippen molar-refractivity contribution in [1.29, 1.82) is 0 Å². The number of carboxylic acid groups (broad SMARTS) is 1. The van der Waals surface area contributed by atoms with Crippen LogP contribution in [0.2, 0.25) is 0 Å². The number of urea groups is 1. The number of benzene rings is 1. The maximum atomic E-state index is 12.1. The van der Waals surface area contributed by atoms with Gasteiger partial charge >= 0.3 is 12.0 Å². The van der Waals surface area contributed by atoms with Gasteiger partial charge in [-0.2, -0.15) is 0 Å². The summed E-state index contributed by atoms with van der Waals surface area (Å²) in [6.07, 6.45) is 5.36. The van der Waals surface area contributed by atoms with Crippen LogP contribution < -0.4 is 10.6 Å². The molecule has 0 saturated heterocycles. The molecule has 0 heterocycles. The molecule has 0 aliphatic heterocycles. The molecule has 1 saturated carbocycles. The van der Waals surface area contributed by atoms with Gasteiger partial charge in [0, 0.05) is 16.2 Å². The summed E-state index contributed by atoms with van der Waals surface area (Å²) < 4.78 is 0.935. The Morgan fingerprint density at radius 3 is 2.32 bits per heavy atom. The third-order valence-electron chi connectivity index (χ3n) is 4.00. The second-order valence-electron chi connectivity index (χ2n) is 5.65. The molecule has 3 N–H and O–H groups in total. The topological polar surface area (TPSA) is 78.4 Å². The lowest BCUT2D eigenvalue weighted by atomic mass is 9.87. The molecule has 1 fully saturated rings. The van der Waals surface area contributed by atoms with Crippen molar-refractivity contribution in [3.63, 3.8) is 0 Å². The maximum absolute atomic E-state index is 12.1. The van der Waals surface area contributed by atoms with E-state index in [9.17, 15) is 14.7 Å². The zero-order chi connectivity index (χ0) is 15.9. The molecule has 6 heteroatoms. The highest BCUT2D eigenvalue weighted by molar-refractivity contribution is 9.10. The number of hydrogen-bond acceptors (Lipinski definition) is 2. The molecule has 1 aromatic carbocycles. The van der Waals surface area contributed by atoms with Crippen LogP contribution in [-0.4, -0.2) is 23.1 Å². The van der Waals surface area contributed by atoms with Crippen molar-refractivity contribution in [3.8, 4) is 0 Å². The van der Waals surface area contributed by atoms with Crippen molar-refractivity contribution in [2.45, 2.75) is 44.6 Å². The zero-order valence-electron chi connectivity index (χ0n) is 12.3. The van der Waals surface area contributed by atoms with E-state index in [1.54, 1.807) is 12.1 Å². The third-order valence-corrected chi connectivity index (χ3v) is 4.53. The Bertz CT molecular complexity index is 519. The van der Waals surface area contributed by atoms with Gasteiger partial charge in [0.25, 0.3) is 0 Å². The van der Waals surface area contributed by atoms with Crippen molar-refractivity contribution in [2.24, 2.45) is 5.92 Å². The van der Waals surface area contributed by atoms with Crippen LogP contribution >= 0.6 is 15.9 Å². The lowest BCUT2D eigenvalue weighted by Crippen LogP contribution is -2.45. The first kappa shape index (κ1) is 16.8. The first-order valence-corrected chi connectivity index (χ1v) is 8.41. The van der Waals surface area contributed by atoms with Crippen LogP contribution in [0, 0.1) is 5.92 Å². The highest BCUT2D eigenvalue weighted by atomic mass is 79.9. The van der Waals surface area contributed by atoms with Crippen molar-refractivity contribution < 1.29 is 14.7 Å². The number of carbonyl (C=O) groups excluding carboxylic acids is 1. The van der Waals surface area contributed by atoms with Crippen molar-refractivity contribution in [3.05, 3.63) is 28.7 Å². The Balaban J connectivity index is 1.97. The molecule has 0 radical (unpaired) electrons. The number of amides is 2. The van der Waals surface area contributed by atoms with Crippen LogP contribution in [-0.2, 0) is 4.79 Å². The first-order chi connectivity index (χ1) is 10.6. The highest BCUT2D eigenvalue weighted by Crippen LogP contribution is 2.23. The molecule has 2 unspecified atom stereocenters. The fourth-order valence-corrected chi connectivity index (χ4v) is 3.09. The average molecular weight is 369 g/mol. The Labute approximate surface area is 138 Å². The Morgan fingerprint density at radius 1 is 1.05 bits per heavy atom. The summed E-state index contributed by atoms with van der Waals surface area (Å²) >= 11 is 3.34. The smallest absolute Gasteiger partial charge is 0.319 e. The van der Waals surface area contributed by atoms with Gasteiger partial charge in [-0.3, -0.25) is 4.79 Å². The third kappa shape index (κ3) is 5.02. The number of halogens is 1. The summed E-state index contributed by atoms with van der Waals surface area (Å²) in [7, 11) is 0. The maximum Gasteiger partial charge on any atom is 0.319 e. The summed E-state index contributed by atoms with van der Waals surface area (Å²) in [5.41, 5.74) is 0.679. The van der Waals surface area contributed by atoms with Gasteiger partial charge in [0.1, 0.15) is 0 Å². The van der Waals surface area contributed by atoms with Crippen LogP contribution in [0.1, 0.15) is 38.5 Å². The molecular weight excluding hydrogens is 348 g/mol.